The summed E-state index contributed by atoms with van der Waals surface area (Å²) in [5.74, 6) is 0.440. The van der Waals surface area contributed by atoms with Gasteiger partial charge in [0.2, 0.25) is 5.91 Å². The van der Waals surface area contributed by atoms with Crippen LogP contribution in [-0.2, 0) is 4.79 Å². The fourth-order valence-corrected chi connectivity index (χ4v) is 2.02. The van der Waals surface area contributed by atoms with Crippen molar-refractivity contribution < 1.29 is 4.79 Å². The average molecular weight is 208 g/mol. The lowest BCUT2D eigenvalue weighted by Crippen LogP contribution is -2.45. The number of carbonyl (C=O) groups excluding carboxylic acids is 1. The molecule has 0 radical (unpaired) electrons. The normalized spacial score (nSPS) is 20.6. The van der Waals surface area contributed by atoms with E-state index in [4.69, 9.17) is 5.26 Å². The van der Waals surface area contributed by atoms with E-state index in [0.717, 1.165) is 32.1 Å². The summed E-state index contributed by atoms with van der Waals surface area (Å²) >= 11 is 0. The van der Waals surface area contributed by atoms with Crippen LogP contribution in [0.25, 0.3) is 0 Å². The van der Waals surface area contributed by atoms with Crippen LogP contribution in [0, 0.1) is 17.2 Å². The van der Waals surface area contributed by atoms with Crippen molar-refractivity contribution in [2.45, 2.75) is 57.9 Å². The van der Waals surface area contributed by atoms with Crippen molar-refractivity contribution in [2.24, 2.45) is 5.92 Å². The zero-order valence-electron chi connectivity index (χ0n) is 9.68. The average Bonchev–Trinajstić information content (AvgIpc) is 2.66. The largest absolute Gasteiger partial charge is 0.338 e. The van der Waals surface area contributed by atoms with E-state index in [1.54, 1.807) is 0 Å². The second kappa shape index (κ2) is 5.16. The molecule has 1 saturated carbocycles. The van der Waals surface area contributed by atoms with Crippen LogP contribution in [0.15, 0.2) is 0 Å². The molecule has 0 aromatic heterocycles. The van der Waals surface area contributed by atoms with E-state index >= 15 is 0 Å². The predicted octanol–water partition coefficient (Wildman–Crippen LogP) is 2.38. The van der Waals surface area contributed by atoms with Gasteiger partial charge in [0.1, 0.15) is 5.54 Å². The Hall–Kier alpha value is -1.04. The molecule has 0 saturated heterocycles. The molecule has 1 fully saturated rings. The second-order valence-electron chi connectivity index (χ2n) is 4.67. The van der Waals surface area contributed by atoms with Crippen LogP contribution in [0.1, 0.15) is 52.4 Å². The van der Waals surface area contributed by atoms with Crippen LogP contribution in [0.2, 0.25) is 0 Å². The Morgan fingerprint density at radius 3 is 2.60 bits per heavy atom. The number of nitrogens with zero attached hydrogens (tertiary/aromatic N) is 1. The predicted molar refractivity (Wildman–Crippen MR) is 59.0 cm³/mol. The Morgan fingerprint density at radius 1 is 1.53 bits per heavy atom. The maximum absolute atomic E-state index is 11.7. The summed E-state index contributed by atoms with van der Waals surface area (Å²) in [6.07, 6.45) is 5.28. The summed E-state index contributed by atoms with van der Waals surface area (Å²) in [4.78, 5) is 11.7. The van der Waals surface area contributed by atoms with E-state index in [2.05, 4.69) is 25.2 Å². The zero-order chi connectivity index (χ0) is 11.3. The molecule has 0 bridgehead atoms. The molecule has 0 spiro atoms. The molecule has 0 aromatic carbocycles. The molecule has 0 aromatic rings. The third kappa shape index (κ3) is 3.23. The van der Waals surface area contributed by atoms with E-state index in [1.807, 2.05) is 0 Å². The van der Waals surface area contributed by atoms with Crippen molar-refractivity contribution in [1.82, 2.24) is 5.32 Å². The van der Waals surface area contributed by atoms with Crippen molar-refractivity contribution in [3.8, 4) is 6.07 Å². The molecule has 1 unspecified atom stereocenters. The minimum absolute atomic E-state index is 0.0350. The highest BCUT2D eigenvalue weighted by molar-refractivity contribution is 5.77. The molecular formula is C12H20N2O. The molecule has 1 aliphatic rings. The number of rotatable bonds is 4. The quantitative estimate of drug-likeness (QED) is 0.771. The van der Waals surface area contributed by atoms with Gasteiger partial charge in [-0.1, -0.05) is 20.3 Å². The van der Waals surface area contributed by atoms with E-state index in [9.17, 15) is 4.79 Å². The summed E-state index contributed by atoms with van der Waals surface area (Å²) in [7, 11) is 0. The Balaban J connectivity index is 2.46. The standard InChI is InChI=1S/C12H20N2O/c1-3-10(2)8-11(15)14-12(9-13)6-4-5-7-12/h10H,3-8H2,1-2H3,(H,14,15). The van der Waals surface area contributed by atoms with Crippen molar-refractivity contribution >= 4 is 5.91 Å². The first-order valence-corrected chi connectivity index (χ1v) is 5.84. The van der Waals surface area contributed by atoms with Crippen molar-refractivity contribution in [3.05, 3.63) is 0 Å². The lowest BCUT2D eigenvalue weighted by atomic mass is 9.98. The molecule has 0 heterocycles. The monoisotopic (exact) mass is 208 g/mol. The Kier molecular flexibility index (Phi) is 4.14. The first-order valence-electron chi connectivity index (χ1n) is 5.84. The van der Waals surface area contributed by atoms with Gasteiger partial charge in [-0.15, -0.1) is 0 Å². The Morgan fingerprint density at radius 2 is 2.13 bits per heavy atom. The topological polar surface area (TPSA) is 52.9 Å². The van der Waals surface area contributed by atoms with Gasteiger partial charge in [-0.05, 0) is 31.6 Å². The van der Waals surface area contributed by atoms with E-state index in [-0.39, 0.29) is 5.91 Å². The molecule has 1 amide bonds. The summed E-state index contributed by atoms with van der Waals surface area (Å²) in [5, 5.41) is 12.0. The summed E-state index contributed by atoms with van der Waals surface area (Å²) in [5.41, 5.74) is -0.551. The highest BCUT2D eigenvalue weighted by Crippen LogP contribution is 2.29. The maximum atomic E-state index is 11.7. The zero-order valence-corrected chi connectivity index (χ0v) is 9.68. The third-order valence-corrected chi connectivity index (χ3v) is 3.28. The van der Waals surface area contributed by atoms with Gasteiger partial charge < -0.3 is 5.32 Å². The molecule has 1 aliphatic carbocycles. The molecule has 0 aliphatic heterocycles. The molecule has 84 valence electrons. The van der Waals surface area contributed by atoms with E-state index in [0.29, 0.717) is 12.3 Å². The number of nitriles is 1. The molecule has 1 N–H and O–H groups in total. The van der Waals surface area contributed by atoms with Gasteiger partial charge in [-0.2, -0.15) is 5.26 Å². The highest BCUT2D eigenvalue weighted by atomic mass is 16.1. The molecule has 15 heavy (non-hydrogen) atoms. The first kappa shape index (κ1) is 12.0. The Labute approximate surface area is 91.9 Å². The van der Waals surface area contributed by atoms with Gasteiger partial charge in [0.25, 0.3) is 0 Å². The lowest BCUT2D eigenvalue weighted by Gasteiger charge is -2.22. The van der Waals surface area contributed by atoms with Crippen LogP contribution in [0.5, 0.6) is 0 Å². The minimum Gasteiger partial charge on any atom is -0.338 e. The van der Waals surface area contributed by atoms with Crippen molar-refractivity contribution in [1.29, 1.82) is 5.26 Å². The number of hydrogen-bond donors (Lipinski definition) is 1. The number of carbonyl (C=O) groups is 1. The fourth-order valence-electron chi connectivity index (χ4n) is 2.02. The number of hydrogen-bond acceptors (Lipinski definition) is 2. The molecule has 1 atom stereocenters. The van der Waals surface area contributed by atoms with Gasteiger partial charge in [0.05, 0.1) is 6.07 Å². The molecule has 3 heteroatoms. The summed E-state index contributed by atoms with van der Waals surface area (Å²) < 4.78 is 0. The maximum Gasteiger partial charge on any atom is 0.221 e. The molecule has 3 nitrogen and oxygen atoms in total. The summed E-state index contributed by atoms with van der Waals surface area (Å²) in [6, 6.07) is 2.27. The Bertz CT molecular complexity index is 261. The lowest BCUT2D eigenvalue weighted by molar-refractivity contribution is -0.123. The van der Waals surface area contributed by atoms with Crippen molar-refractivity contribution in [2.75, 3.05) is 0 Å². The minimum atomic E-state index is -0.551. The third-order valence-electron chi connectivity index (χ3n) is 3.28. The van der Waals surface area contributed by atoms with Gasteiger partial charge in [-0.25, -0.2) is 0 Å². The highest BCUT2D eigenvalue weighted by Gasteiger charge is 2.35. The smallest absolute Gasteiger partial charge is 0.221 e. The van der Waals surface area contributed by atoms with Crippen LogP contribution in [0.4, 0.5) is 0 Å². The fraction of sp³-hybridized carbons (Fsp3) is 0.833. The van der Waals surface area contributed by atoms with E-state index in [1.165, 1.54) is 0 Å². The van der Waals surface area contributed by atoms with Crippen LogP contribution < -0.4 is 5.32 Å². The first-order chi connectivity index (χ1) is 7.12. The summed E-state index contributed by atoms with van der Waals surface area (Å²) in [6.45, 7) is 4.14. The number of amides is 1. The number of nitrogens with one attached hydrogen (secondary N) is 1. The van der Waals surface area contributed by atoms with Gasteiger partial charge >= 0.3 is 0 Å². The van der Waals surface area contributed by atoms with Gasteiger partial charge in [0, 0.05) is 6.42 Å². The van der Waals surface area contributed by atoms with Gasteiger partial charge in [0.15, 0.2) is 0 Å². The molecule has 1 rings (SSSR count). The van der Waals surface area contributed by atoms with Crippen LogP contribution in [-0.4, -0.2) is 11.4 Å². The van der Waals surface area contributed by atoms with Crippen LogP contribution >= 0.6 is 0 Å². The van der Waals surface area contributed by atoms with E-state index < -0.39 is 5.54 Å². The van der Waals surface area contributed by atoms with Gasteiger partial charge in [-0.3, -0.25) is 4.79 Å². The SMILES string of the molecule is CCC(C)CC(=O)NC1(C#N)CCCC1. The molecular weight excluding hydrogens is 188 g/mol. The van der Waals surface area contributed by atoms with Crippen LogP contribution in [0.3, 0.4) is 0 Å². The van der Waals surface area contributed by atoms with Crippen molar-refractivity contribution in [3.63, 3.8) is 0 Å². The second-order valence-corrected chi connectivity index (χ2v) is 4.67.